The molecule has 0 saturated carbocycles. The van der Waals surface area contributed by atoms with Gasteiger partial charge in [0.1, 0.15) is 12.2 Å². The van der Waals surface area contributed by atoms with Gasteiger partial charge in [-0.3, -0.25) is 0 Å². The van der Waals surface area contributed by atoms with Crippen molar-refractivity contribution in [1.82, 2.24) is 14.8 Å². The molecular formula is C14H19ClN4. The van der Waals surface area contributed by atoms with Gasteiger partial charge in [0.15, 0.2) is 0 Å². The molecule has 0 unspecified atom stereocenters. The largest absolute Gasteiger partial charge is 0.378 e. The van der Waals surface area contributed by atoms with Gasteiger partial charge in [-0.05, 0) is 38.0 Å². The van der Waals surface area contributed by atoms with Crippen molar-refractivity contribution in [2.24, 2.45) is 0 Å². The minimum atomic E-state index is 0.324. The number of nitrogens with zero attached hydrogens (tertiary/aromatic N) is 3. The maximum Gasteiger partial charge on any atom is 0.146 e. The number of rotatable bonds is 6. The van der Waals surface area contributed by atoms with E-state index in [1.165, 1.54) is 5.56 Å². The van der Waals surface area contributed by atoms with E-state index in [1.54, 1.807) is 6.33 Å². The standard InChI is InChI=1S/C14H19ClN4/c1-11(2)19-14(17-10-18-19)9-16-13-5-3-12(4-6-13)7-8-15/h3-6,10-11,16H,7-9H2,1-2H3. The van der Waals surface area contributed by atoms with Crippen molar-refractivity contribution in [3.8, 4) is 0 Å². The third kappa shape index (κ3) is 3.70. The Morgan fingerprint density at radius 2 is 2.00 bits per heavy atom. The maximum absolute atomic E-state index is 5.72. The second kappa shape index (κ2) is 6.57. The molecule has 4 nitrogen and oxygen atoms in total. The van der Waals surface area contributed by atoms with E-state index in [2.05, 4.69) is 53.5 Å². The molecule has 1 aromatic carbocycles. The van der Waals surface area contributed by atoms with Crippen molar-refractivity contribution in [1.29, 1.82) is 0 Å². The van der Waals surface area contributed by atoms with Crippen LogP contribution in [0.5, 0.6) is 0 Å². The SMILES string of the molecule is CC(C)n1ncnc1CNc1ccc(CCCl)cc1. The summed E-state index contributed by atoms with van der Waals surface area (Å²) in [5.41, 5.74) is 2.34. The molecule has 0 aliphatic carbocycles. The van der Waals surface area contributed by atoms with Gasteiger partial charge in [-0.15, -0.1) is 11.6 Å². The molecule has 1 aromatic heterocycles. The molecule has 0 spiro atoms. The summed E-state index contributed by atoms with van der Waals surface area (Å²) in [6.45, 7) is 4.87. The molecule has 1 heterocycles. The molecular weight excluding hydrogens is 260 g/mol. The molecule has 0 saturated heterocycles. The highest BCUT2D eigenvalue weighted by molar-refractivity contribution is 6.17. The fourth-order valence-electron chi connectivity index (χ4n) is 1.91. The van der Waals surface area contributed by atoms with E-state index >= 15 is 0 Å². The maximum atomic E-state index is 5.72. The van der Waals surface area contributed by atoms with Crippen molar-refractivity contribution in [3.63, 3.8) is 0 Å². The number of hydrogen-bond acceptors (Lipinski definition) is 3. The molecule has 2 aromatic rings. The van der Waals surface area contributed by atoms with Gasteiger partial charge in [-0.25, -0.2) is 9.67 Å². The lowest BCUT2D eigenvalue weighted by atomic mass is 10.1. The van der Waals surface area contributed by atoms with Crippen LogP contribution in [0.2, 0.25) is 0 Å². The first-order valence-electron chi connectivity index (χ1n) is 6.48. The second-order valence-electron chi connectivity index (χ2n) is 4.70. The molecule has 0 amide bonds. The summed E-state index contributed by atoms with van der Waals surface area (Å²) in [6, 6.07) is 8.65. The minimum absolute atomic E-state index is 0.324. The second-order valence-corrected chi connectivity index (χ2v) is 5.08. The number of aryl methyl sites for hydroxylation is 1. The Labute approximate surface area is 118 Å². The van der Waals surface area contributed by atoms with Crippen LogP contribution in [0.15, 0.2) is 30.6 Å². The summed E-state index contributed by atoms with van der Waals surface area (Å²) in [6.07, 6.45) is 2.50. The molecule has 19 heavy (non-hydrogen) atoms. The number of nitrogens with one attached hydrogen (secondary N) is 1. The molecule has 2 rings (SSSR count). The first kappa shape index (κ1) is 13.9. The number of aromatic nitrogens is 3. The van der Waals surface area contributed by atoms with Crippen molar-refractivity contribution >= 4 is 17.3 Å². The van der Waals surface area contributed by atoms with Gasteiger partial charge in [0.05, 0.1) is 6.54 Å². The van der Waals surface area contributed by atoms with E-state index in [0.29, 0.717) is 18.5 Å². The molecule has 0 fully saturated rings. The molecule has 0 aliphatic rings. The number of halogens is 1. The van der Waals surface area contributed by atoms with Crippen LogP contribution in [0.3, 0.4) is 0 Å². The van der Waals surface area contributed by atoms with Crippen LogP contribution in [-0.2, 0) is 13.0 Å². The van der Waals surface area contributed by atoms with E-state index in [4.69, 9.17) is 11.6 Å². The summed E-state index contributed by atoms with van der Waals surface area (Å²) in [4.78, 5) is 4.27. The Hall–Kier alpha value is -1.55. The summed E-state index contributed by atoms with van der Waals surface area (Å²) in [7, 11) is 0. The molecule has 102 valence electrons. The Kier molecular flexibility index (Phi) is 4.80. The highest BCUT2D eigenvalue weighted by Crippen LogP contribution is 2.12. The summed E-state index contributed by atoms with van der Waals surface area (Å²) < 4.78 is 1.93. The summed E-state index contributed by atoms with van der Waals surface area (Å²) >= 11 is 5.72. The quantitative estimate of drug-likeness (QED) is 0.825. The minimum Gasteiger partial charge on any atom is -0.378 e. The van der Waals surface area contributed by atoms with E-state index in [1.807, 2.05) is 4.68 Å². The van der Waals surface area contributed by atoms with Crippen LogP contribution in [0.1, 0.15) is 31.3 Å². The van der Waals surface area contributed by atoms with E-state index in [0.717, 1.165) is 17.9 Å². The fourth-order valence-corrected chi connectivity index (χ4v) is 2.13. The van der Waals surface area contributed by atoms with Gasteiger partial charge >= 0.3 is 0 Å². The Balaban J connectivity index is 1.96. The smallest absolute Gasteiger partial charge is 0.146 e. The van der Waals surface area contributed by atoms with Crippen LogP contribution in [0.25, 0.3) is 0 Å². The van der Waals surface area contributed by atoms with Crippen LogP contribution < -0.4 is 5.32 Å². The number of alkyl halides is 1. The van der Waals surface area contributed by atoms with Crippen molar-refractivity contribution in [2.75, 3.05) is 11.2 Å². The van der Waals surface area contributed by atoms with Crippen LogP contribution >= 0.6 is 11.6 Å². The van der Waals surface area contributed by atoms with Crippen molar-refractivity contribution < 1.29 is 0 Å². The normalized spacial score (nSPS) is 10.9. The number of hydrogen-bond donors (Lipinski definition) is 1. The molecule has 0 radical (unpaired) electrons. The van der Waals surface area contributed by atoms with Gasteiger partial charge in [-0.1, -0.05) is 12.1 Å². The Morgan fingerprint density at radius 3 is 2.63 bits per heavy atom. The zero-order chi connectivity index (χ0) is 13.7. The van der Waals surface area contributed by atoms with Gasteiger partial charge in [0.25, 0.3) is 0 Å². The van der Waals surface area contributed by atoms with E-state index in [9.17, 15) is 0 Å². The van der Waals surface area contributed by atoms with Crippen molar-refractivity contribution in [2.45, 2.75) is 32.9 Å². The summed E-state index contributed by atoms with van der Waals surface area (Å²) in [5, 5.41) is 7.57. The van der Waals surface area contributed by atoms with Gasteiger partial charge in [-0.2, -0.15) is 5.10 Å². The molecule has 0 aliphatic heterocycles. The van der Waals surface area contributed by atoms with E-state index < -0.39 is 0 Å². The van der Waals surface area contributed by atoms with Crippen LogP contribution in [-0.4, -0.2) is 20.6 Å². The average molecular weight is 279 g/mol. The predicted molar refractivity (Wildman–Crippen MR) is 78.6 cm³/mol. The topological polar surface area (TPSA) is 42.7 Å². The third-order valence-electron chi connectivity index (χ3n) is 2.92. The fraction of sp³-hybridized carbons (Fsp3) is 0.429. The summed E-state index contributed by atoms with van der Waals surface area (Å²) in [5.74, 6) is 1.60. The first-order chi connectivity index (χ1) is 9.20. The molecule has 1 N–H and O–H groups in total. The lowest BCUT2D eigenvalue weighted by Crippen LogP contribution is -2.12. The molecule has 5 heteroatoms. The average Bonchev–Trinajstić information content (AvgIpc) is 2.87. The number of benzene rings is 1. The van der Waals surface area contributed by atoms with E-state index in [-0.39, 0.29) is 0 Å². The first-order valence-corrected chi connectivity index (χ1v) is 7.01. The highest BCUT2D eigenvalue weighted by atomic mass is 35.5. The predicted octanol–water partition coefficient (Wildman–Crippen LogP) is 3.25. The van der Waals surface area contributed by atoms with Crippen LogP contribution in [0, 0.1) is 0 Å². The molecule has 0 bridgehead atoms. The van der Waals surface area contributed by atoms with Gasteiger partial charge in [0, 0.05) is 17.6 Å². The monoisotopic (exact) mass is 278 g/mol. The zero-order valence-corrected chi connectivity index (χ0v) is 12.1. The molecule has 0 atom stereocenters. The zero-order valence-electron chi connectivity index (χ0n) is 11.3. The Bertz CT molecular complexity index is 504. The van der Waals surface area contributed by atoms with Gasteiger partial charge < -0.3 is 5.32 Å². The van der Waals surface area contributed by atoms with Gasteiger partial charge in [0.2, 0.25) is 0 Å². The lowest BCUT2D eigenvalue weighted by molar-refractivity contribution is 0.509. The van der Waals surface area contributed by atoms with Crippen molar-refractivity contribution in [3.05, 3.63) is 42.0 Å². The highest BCUT2D eigenvalue weighted by Gasteiger charge is 2.06. The Morgan fingerprint density at radius 1 is 1.26 bits per heavy atom. The number of anilines is 1. The van der Waals surface area contributed by atoms with Crippen LogP contribution in [0.4, 0.5) is 5.69 Å². The third-order valence-corrected chi connectivity index (χ3v) is 3.11. The lowest BCUT2D eigenvalue weighted by Gasteiger charge is -2.11.